The molecular weight excluding hydrogens is 200 g/mol. The molecule has 3 nitrogen and oxygen atoms in total. The molecule has 0 heterocycles. The van der Waals surface area contributed by atoms with E-state index in [1.54, 1.807) is 7.11 Å². The maximum Gasteiger partial charge on any atom is 0.0663 e. The quantitative estimate of drug-likeness (QED) is 0.827. The van der Waals surface area contributed by atoms with Crippen LogP contribution in [0.3, 0.4) is 0 Å². The van der Waals surface area contributed by atoms with Crippen LogP contribution in [-0.4, -0.2) is 26.8 Å². The molecule has 1 aromatic rings. The number of hydrogen-bond donors (Lipinski definition) is 1. The molecule has 0 fully saturated rings. The van der Waals surface area contributed by atoms with Gasteiger partial charge in [-0.15, -0.1) is 0 Å². The van der Waals surface area contributed by atoms with Crippen LogP contribution in [0.25, 0.3) is 0 Å². The number of rotatable bonds is 5. The van der Waals surface area contributed by atoms with Crippen molar-refractivity contribution in [2.24, 2.45) is 5.73 Å². The second-order valence-electron chi connectivity index (χ2n) is 4.25. The highest BCUT2D eigenvalue weighted by Crippen LogP contribution is 2.22. The lowest BCUT2D eigenvalue weighted by Gasteiger charge is -2.28. The SMILES string of the molecule is COCC(C)N(C)c1ccc(C)cc1CN. The number of methoxy groups -OCH3 is 1. The molecule has 0 aliphatic heterocycles. The van der Waals surface area contributed by atoms with Gasteiger partial charge in [-0.05, 0) is 25.5 Å². The molecule has 2 N–H and O–H groups in total. The molecule has 0 amide bonds. The third-order valence-corrected chi connectivity index (χ3v) is 2.90. The monoisotopic (exact) mass is 222 g/mol. The van der Waals surface area contributed by atoms with E-state index in [-0.39, 0.29) is 0 Å². The van der Waals surface area contributed by atoms with Crippen LogP contribution in [0.1, 0.15) is 18.1 Å². The molecule has 1 aromatic carbocycles. The fraction of sp³-hybridized carbons (Fsp3) is 0.538. The van der Waals surface area contributed by atoms with E-state index >= 15 is 0 Å². The van der Waals surface area contributed by atoms with Crippen molar-refractivity contribution in [1.29, 1.82) is 0 Å². The predicted octanol–water partition coefficient (Wildman–Crippen LogP) is 1.92. The molecule has 0 saturated heterocycles. The van der Waals surface area contributed by atoms with Crippen molar-refractivity contribution in [2.45, 2.75) is 26.4 Å². The Morgan fingerprint density at radius 1 is 1.44 bits per heavy atom. The molecule has 0 spiro atoms. The lowest BCUT2D eigenvalue weighted by molar-refractivity contribution is 0.183. The molecule has 1 rings (SSSR count). The second kappa shape index (κ2) is 5.87. The number of hydrogen-bond acceptors (Lipinski definition) is 3. The third kappa shape index (κ3) is 2.97. The van der Waals surface area contributed by atoms with Crippen LogP contribution in [0, 0.1) is 6.92 Å². The van der Waals surface area contributed by atoms with E-state index in [2.05, 4.69) is 44.0 Å². The number of aryl methyl sites for hydroxylation is 1. The summed E-state index contributed by atoms with van der Waals surface area (Å²) in [4.78, 5) is 2.21. The average Bonchev–Trinajstić information content (AvgIpc) is 2.28. The Morgan fingerprint density at radius 3 is 2.69 bits per heavy atom. The van der Waals surface area contributed by atoms with Crippen LogP contribution in [-0.2, 0) is 11.3 Å². The van der Waals surface area contributed by atoms with Crippen molar-refractivity contribution >= 4 is 5.69 Å². The summed E-state index contributed by atoms with van der Waals surface area (Å²) >= 11 is 0. The number of likely N-dealkylation sites (N-methyl/N-ethyl adjacent to an activating group) is 1. The summed E-state index contributed by atoms with van der Waals surface area (Å²) in [6.07, 6.45) is 0. The lowest BCUT2D eigenvalue weighted by atomic mass is 10.1. The van der Waals surface area contributed by atoms with Gasteiger partial charge in [-0.1, -0.05) is 17.7 Å². The summed E-state index contributed by atoms with van der Waals surface area (Å²) in [7, 11) is 3.80. The summed E-state index contributed by atoms with van der Waals surface area (Å²) in [6.45, 7) is 5.51. The van der Waals surface area contributed by atoms with Gasteiger partial charge in [0.25, 0.3) is 0 Å². The molecule has 0 saturated carbocycles. The maximum atomic E-state index is 5.77. The first kappa shape index (κ1) is 13.0. The number of ether oxygens (including phenoxy) is 1. The smallest absolute Gasteiger partial charge is 0.0663 e. The fourth-order valence-corrected chi connectivity index (χ4v) is 1.81. The zero-order valence-electron chi connectivity index (χ0n) is 10.7. The first-order valence-corrected chi connectivity index (χ1v) is 5.61. The van der Waals surface area contributed by atoms with Crippen molar-refractivity contribution in [3.8, 4) is 0 Å². The summed E-state index contributed by atoms with van der Waals surface area (Å²) in [6, 6.07) is 6.73. The van der Waals surface area contributed by atoms with Crippen LogP contribution < -0.4 is 10.6 Å². The van der Waals surface area contributed by atoms with Crippen molar-refractivity contribution in [3.05, 3.63) is 29.3 Å². The van der Waals surface area contributed by atoms with Gasteiger partial charge in [0, 0.05) is 32.4 Å². The van der Waals surface area contributed by atoms with Gasteiger partial charge in [-0.2, -0.15) is 0 Å². The van der Waals surface area contributed by atoms with E-state index in [1.165, 1.54) is 16.8 Å². The molecule has 3 heteroatoms. The summed E-state index contributed by atoms with van der Waals surface area (Å²) in [5.41, 5.74) is 9.40. The Morgan fingerprint density at radius 2 is 2.12 bits per heavy atom. The van der Waals surface area contributed by atoms with Crippen molar-refractivity contribution < 1.29 is 4.74 Å². The van der Waals surface area contributed by atoms with Crippen molar-refractivity contribution in [3.63, 3.8) is 0 Å². The van der Waals surface area contributed by atoms with Crippen LogP contribution in [0.2, 0.25) is 0 Å². The van der Waals surface area contributed by atoms with E-state index in [0.29, 0.717) is 19.2 Å². The molecule has 0 aliphatic carbocycles. The highest BCUT2D eigenvalue weighted by molar-refractivity contribution is 5.55. The summed E-state index contributed by atoms with van der Waals surface area (Å²) in [5.74, 6) is 0. The van der Waals surface area contributed by atoms with Gasteiger partial charge in [0.2, 0.25) is 0 Å². The van der Waals surface area contributed by atoms with Crippen LogP contribution >= 0.6 is 0 Å². The molecule has 0 aliphatic rings. The minimum absolute atomic E-state index is 0.345. The highest BCUT2D eigenvalue weighted by atomic mass is 16.5. The van der Waals surface area contributed by atoms with E-state index < -0.39 is 0 Å². The van der Waals surface area contributed by atoms with Gasteiger partial charge in [-0.25, -0.2) is 0 Å². The van der Waals surface area contributed by atoms with Crippen LogP contribution in [0.5, 0.6) is 0 Å². The summed E-state index contributed by atoms with van der Waals surface area (Å²) in [5, 5.41) is 0. The van der Waals surface area contributed by atoms with Gasteiger partial charge in [-0.3, -0.25) is 0 Å². The van der Waals surface area contributed by atoms with Crippen LogP contribution in [0.4, 0.5) is 5.69 Å². The Hall–Kier alpha value is -1.06. The van der Waals surface area contributed by atoms with E-state index in [9.17, 15) is 0 Å². The van der Waals surface area contributed by atoms with Crippen molar-refractivity contribution in [1.82, 2.24) is 0 Å². The van der Waals surface area contributed by atoms with Crippen LogP contribution in [0.15, 0.2) is 18.2 Å². The van der Waals surface area contributed by atoms with Gasteiger partial charge < -0.3 is 15.4 Å². The number of nitrogens with zero attached hydrogens (tertiary/aromatic N) is 1. The Kier molecular flexibility index (Phi) is 4.77. The van der Waals surface area contributed by atoms with Gasteiger partial charge in [0.05, 0.1) is 6.61 Å². The maximum absolute atomic E-state index is 5.77. The van der Waals surface area contributed by atoms with Gasteiger partial charge in [0.1, 0.15) is 0 Å². The van der Waals surface area contributed by atoms with E-state index in [4.69, 9.17) is 10.5 Å². The number of anilines is 1. The average molecular weight is 222 g/mol. The number of benzene rings is 1. The van der Waals surface area contributed by atoms with Crippen molar-refractivity contribution in [2.75, 3.05) is 25.7 Å². The Balaban J connectivity index is 2.93. The topological polar surface area (TPSA) is 38.5 Å². The third-order valence-electron chi connectivity index (χ3n) is 2.90. The molecule has 0 radical (unpaired) electrons. The molecule has 16 heavy (non-hydrogen) atoms. The first-order valence-electron chi connectivity index (χ1n) is 5.61. The minimum atomic E-state index is 0.345. The zero-order chi connectivity index (χ0) is 12.1. The minimum Gasteiger partial charge on any atom is -0.383 e. The van der Waals surface area contributed by atoms with Gasteiger partial charge >= 0.3 is 0 Å². The largest absolute Gasteiger partial charge is 0.383 e. The molecule has 1 unspecified atom stereocenters. The Bertz CT molecular complexity index is 339. The number of nitrogens with two attached hydrogens (primary N) is 1. The lowest BCUT2D eigenvalue weighted by Crippen LogP contribution is -2.33. The molecule has 1 atom stereocenters. The van der Waals surface area contributed by atoms with Gasteiger partial charge in [0.15, 0.2) is 0 Å². The predicted molar refractivity (Wildman–Crippen MR) is 68.8 cm³/mol. The normalized spacial score (nSPS) is 12.6. The highest BCUT2D eigenvalue weighted by Gasteiger charge is 2.12. The first-order chi connectivity index (χ1) is 7.60. The zero-order valence-corrected chi connectivity index (χ0v) is 10.7. The molecular formula is C13H22N2O. The standard InChI is InChI=1S/C13H22N2O/c1-10-5-6-13(12(7-10)8-14)15(3)11(2)9-16-4/h5-7,11H,8-9,14H2,1-4H3. The molecule has 90 valence electrons. The van der Waals surface area contributed by atoms with E-state index in [1.807, 2.05) is 0 Å². The van der Waals surface area contributed by atoms with E-state index in [0.717, 1.165) is 0 Å². The molecule has 0 bridgehead atoms. The fourth-order valence-electron chi connectivity index (χ4n) is 1.81. The second-order valence-corrected chi connectivity index (χ2v) is 4.25. The summed E-state index contributed by atoms with van der Waals surface area (Å²) < 4.78 is 5.17. The molecule has 0 aromatic heterocycles. The Labute approximate surface area is 98.2 Å².